The Kier molecular flexibility index (Phi) is 1.77. The molecule has 1 atom stereocenters. The van der Waals surface area contributed by atoms with E-state index in [0.717, 1.165) is 5.69 Å². The second-order valence-electron chi connectivity index (χ2n) is 2.87. The highest BCUT2D eigenvalue weighted by molar-refractivity contribution is 8.01. The Labute approximate surface area is 76.3 Å². The van der Waals surface area contributed by atoms with E-state index in [0.29, 0.717) is 0 Å². The van der Waals surface area contributed by atoms with Crippen LogP contribution in [0, 0.1) is 0 Å². The molecule has 1 aromatic carbocycles. The third-order valence-electron chi connectivity index (χ3n) is 1.94. The molecule has 0 fully saturated rings. The van der Waals surface area contributed by atoms with E-state index in [9.17, 15) is 0 Å². The van der Waals surface area contributed by atoms with Gasteiger partial charge in [-0.3, -0.25) is 0 Å². The van der Waals surface area contributed by atoms with Gasteiger partial charge in [-0.05, 0) is 19.1 Å². The van der Waals surface area contributed by atoms with Crippen molar-refractivity contribution in [2.24, 2.45) is 0 Å². The third-order valence-corrected chi connectivity index (χ3v) is 3.18. The number of para-hydroxylation sites is 1. The Morgan fingerprint density at radius 2 is 2.17 bits per heavy atom. The van der Waals surface area contributed by atoms with Gasteiger partial charge in [0.2, 0.25) is 0 Å². The Hall–Kier alpha value is -0.670. The molecule has 0 spiro atoms. The average Bonchev–Trinajstić information content (AvgIpc) is 2.42. The molecule has 0 saturated heterocycles. The molecule has 2 nitrogen and oxygen atoms in total. The van der Waals surface area contributed by atoms with E-state index in [1.54, 1.807) is 18.9 Å². The predicted octanol–water partition coefficient (Wildman–Crippen LogP) is 2.52. The summed E-state index contributed by atoms with van der Waals surface area (Å²) in [6, 6.07) is 8.21. The normalized spacial score (nSPS) is 26.5. The summed E-state index contributed by atoms with van der Waals surface area (Å²) in [5.41, 5.74) is 1.16. The lowest BCUT2D eigenvalue weighted by atomic mass is 10.3. The molecule has 0 saturated carbocycles. The van der Waals surface area contributed by atoms with E-state index >= 15 is 0 Å². The zero-order valence-corrected chi connectivity index (χ0v) is 7.94. The van der Waals surface area contributed by atoms with Gasteiger partial charge in [-0.2, -0.15) is 0 Å². The van der Waals surface area contributed by atoms with E-state index < -0.39 is 0 Å². The molecule has 1 aromatic rings. The summed E-state index contributed by atoms with van der Waals surface area (Å²) in [5.74, 6) is 0. The highest BCUT2D eigenvalue weighted by atomic mass is 32.2. The van der Waals surface area contributed by atoms with Crippen molar-refractivity contribution >= 4 is 17.4 Å². The summed E-state index contributed by atoms with van der Waals surface area (Å²) in [7, 11) is 1.71. The van der Waals surface area contributed by atoms with Crippen molar-refractivity contribution in [2.45, 2.75) is 16.9 Å². The Balaban J connectivity index is 2.33. The summed E-state index contributed by atoms with van der Waals surface area (Å²) in [5, 5.41) is 3.01. The number of thioether (sulfide) groups is 1. The maximum Gasteiger partial charge on any atom is 0.188 e. The van der Waals surface area contributed by atoms with Crippen LogP contribution in [-0.2, 0) is 4.74 Å². The van der Waals surface area contributed by atoms with Crippen LogP contribution in [0.25, 0.3) is 0 Å². The lowest BCUT2D eigenvalue weighted by Gasteiger charge is -2.21. The summed E-state index contributed by atoms with van der Waals surface area (Å²) in [6.07, 6.45) is 0. The molecule has 0 radical (unpaired) electrons. The zero-order valence-electron chi connectivity index (χ0n) is 7.13. The van der Waals surface area contributed by atoms with Crippen molar-refractivity contribution in [3.05, 3.63) is 24.3 Å². The number of ether oxygens (including phenoxy) is 1. The van der Waals surface area contributed by atoms with Crippen LogP contribution < -0.4 is 5.32 Å². The molecule has 1 heterocycles. The molecule has 64 valence electrons. The fraction of sp³-hybridized carbons (Fsp3) is 0.333. The molecule has 2 rings (SSSR count). The summed E-state index contributed by atoms with van der Waals surface area (Å²) >= 11 is 1.71. The minimum absolute atomic E-state index is 0.288. The molecule has 0 bridgehead atoms. The van der Waals surface area contributed by atoms with Crippen molar-refractivity contribution in [1.82, 2.24) is 0 Å². The van der Waals surface area contributed by atoms with Gasteiger partial charge in [-0.1, -0.05) is 23.9 Å². The van der Waals surface area contributed by atoms with Crippen molar-refractivity contribution < 1.29 is 4.74 Å². The lowest BCUT2D eigenvalue weighted by Crippen LogP contribution is -2.28. The van der Waals surface area contributed by atoms with Crippen molar-refractivity contribution in [3.63, 3.8) is 0 Å². The van der Waals surface area contributed by atoms with Crippen LogP contribution in [0.5, 0.6) is 0 Å². The SMILES string of the molecule is COC1(C)Nc2ccccc2S1. The first kappa shape index (κ1) is 7.95. The van der Waals surface area contributed by atoms with E-state index in [4.69, 9.17) is 4.74 Å². The molecule has 0 amide bonds. The van der Waals surface area contributed by atoms with Crippen LogP contribution in [0.3, 0.4) is 0 Å². The highest BCUT2D eigenvalue weighted by Crippen LogP contribution is 2.44. The summed E-state index contributed by atoms with van der Waals surface area (Å²) < 4.78 is 5.33. The van der Waals surface area contributed by atoms with Gasteiger partial charge in [-0.25, -0.2) is 0 Å². The van der Waals surface area contributed by atoms with Gasteiger partial charge < -0.3 is 10.1 Å². The van der Waals surface area contributed by atoms with Crippen molar-refractivity contribution in [1.29, 1.82) is 0 Å². The van der Waals surface area contributed by atoms with Gasteiger partial charge in [0.25, 0.3) is 0 Å². The Morgan fingerprint density at radius 1 is 1.42 bits per heavy atom. The van der Waals surface area contributed by atoms with Crippen LogP contribution in [0.2, 0.25) is 0 Å². The molecule has 1 aliphatic heterocycles. The summed E-state index contributed by atoms with van der Waals surface area (Å²) in [6.45, 7) is 2.03. The van der Waals surface area contributed by atoms with Crippen LogP contribution in [0.1, 0.15) is 6.92 Å². The van der Waals surface area contributed by atoms with Gasteiger partial charge in [-0.15, -0.1) is 0 Å². The average molecular weight is 181 g/mol. The monoisotopic (exact) mass is 181 g/mol. The van der Waals surface area contributed by atoms with Crippen molar-refractivity contribution in [2.75, 3.05) is 12.4 Å². The van der Waals surface area contributed by atoms with Crippen LogP contribution >= 0.6 is 11.8 Å². The zero-order chi connectivity index (χ0) is 8.60. The number of nitrogens with one attached hydrogen (secondary N) is 1. The largest absolute Gasteiger partial charge is 0.350 e. The maximum absolute atomic E-state index is 5.33. The molecule has 1 N–H and O–H groups in total. The number of rotatable bonds is 1. The number of benzene rings is 1. The number of fused-ring (bicyclic) bond motifs is 1. The number of hydrogen-bond donors (Lipinski definition) is 1. The van der Waals surface area contributed by atoms with Crippen LogP contribution in [0.15, 0.2) is 29.2 Å². The first-order valence-electron chi connectivity index (χ1n) is 3.85. The van der Waals surface area contributed by atoms with Gasteiger partial charge in [0, 0.05) is 12.0 Å². The van der Waals surface area contributed by atoms with E-state index in [1.165, 1.54) is 4.90 Å². The molecule has 0 aromatic heterocycles. The molecule has 1 unspecified atom stereocenters. The fourth-order valence-corrected chi connectivity index (χ4v) is 2.27. The smallest absolute Gasteiger partial charge is 0.188 e. The van der Waals surface area contributed by atoms with E-state index in [1.807, 2.05) is 19.1 Å². The molecular weight excluding hydrogens is 170 g/mol. The Morgan fingerprint density at radius 3 is 2.83 bits per heavy atom. The molecule has 1 aliphatic rings. The number of hydrogen-bond acceptors (Lipinski definition) is 3. The standard InChI is InChI=1S/C9H11NOS/c1-9(11-2)10-7-5-3-4-6-8(7)12-9/h3-6,10H,1-2H3. The van der Waals surface area contributed by atoms with E-state index in [-0.39, 0.29) is 5.06 Å². The summed E-state index contributed by atoms with van der Waals surface area (Å²) in [4.78, 5) is 1.25. The van der Waals surface area contributed by atoms with Gasteiger partial charge in [0.05, 0.1) is 5.69 Å². The highest BCUT2D eigenvalue weighted by Gasteiger charge is 2.32. The van der Waals surface area contributed by atoms with Gasteiger partial charge >= 0.3 is 0 Å². The third kappa shape index (κ3) is 1.19. The van der Waals surface area contributed by atoms with Crippen molar-refractivity contribution in [3.8, 4) is 0 Å². The lowest BCUT2D eigenvalue weighted by molar-refractivity contribution is 0.113. The minimum Gasteiger partial charge on any atom is -0.350 e. The molecular formula is C9H11NOS. The second-order valence-corrected chi connectivity index (χ2v) is 4.30. The fourth-order valence-electron chi connectivity index (χ4n) is 1.23. The van der Waals surface area contributed by atoms with Crippen LogP contribution in [0.4, 0.5) is 5.69 Å². The maximum atomic E-state index is 5.33. The second kappa shape index (κ2) is 2.68. The van der Waals surface area contributed by atoms with E-state index in [2.05, 4.69) is 17.4 Å². The molecule has 0 aliphatic carbocycles. The minimum atomic E-state index is -0.288. The Bertz CT molecular complexity index is 275. The molecule has 3 heteroatoms. The number of anilines is 1. The molecule has 12 heavy (non-hydrogen) atoms. The first-order chi connectivity index (χ1) is 5.73. The topological polar surface area (TPSA) is 21.3 Å². The predicted molar refractivity (Wildman–Crippen MR) is 51.3 cm³/mol. The van der Waals surface area contributed by atoms with Gasteiger partial charge in [0.1, 0.15) is 0 Å². The van der Waals surface area contributed by atoms with Gasteiger partial charge in [0.15, 0.2) is 5.06 Å². The first-order valence-corrected chi connectivity index (χ1v) is 4.66. The number of methoxy groups -OCH3 is 1. The van der Waals surface area contributed by atoms with Crippen LogP contribution in [-0.4, -0.2) is 12.2 Å². The quantitative estimate of drug-likeness (QED) is 0.719.